The Hall–Kier alpha value is -1.62. The number of amides is 1. The van der Waals surface area contributed by atoms with E-state index in [1.807, 2.05) is 13.8 Å². The molecule has 0 bridgehead atoms. The van der Waals surface area contributed by atoms with Gasteiger partial charge < -0.3 is 9.88 Å². The van der Waals surface area contributed by atoms with Gasteiger partial charge >= 0.3 is 0 Å². The minimum Gasteiger partial charge on any atom is -0.354 e. The summed E-state index contributed by atoms with van der Waals surface area (Å²) < 4.78 is 15.1. The van der Waals surface area contributed by atoms with E-state index in [1.165, 1.54) is 12.1 Å². The topological polar surface area (TPSA) is 46.9 Å². The van der Waals surface area contributed by atoms with Gasteiger partial charge in [-0.25, -0.2) is 9.37 Å². The summed E-state index contributed by atoms with van der Waals surface area (Å²) in [4.78, 5) is 16.4. The minimum atomic E-state index is -0.339. The van der Waals surface area contributed by atoms with E-state index in [4.69, 9.17) is 11.6 Å². The summed E-state index contributed by atoms with van der Waals surface area (Å²) >= 11 is 5.78. The van der Waals surface area contributed by atoms with Crippen LogP contribution in [0.5, 0.6) is 0 Å². The molecule has 0 aliphatic rings. The Labute approximate surface area is 128 Å². The summed E-state index contributed by atoms with van der Waals surface area (Å²) in [5.74, 6) is 1.08. The Morgan fingerprint density at radius 1 is 1.48 bits per heavy atom. The molecule has 21 heavy (non-hydrogen) atoms. The molecule has 114 valence electrons. The molecule has 4 nitrogen and oxygen atoms in total. The van der Waals surface area contributed by atoms with Crippen molar-refractivity contribution < 1.29 is 9.18 Å². The first-order valence-electron chi connectivity index (χ1n) is 6.98. The van der Waals surface area contributed by atoms with Crippen LogP contribution in [-0.2, 0) is 17.8 Å². The van der Waals surface area contributed by atoms with Gasteiger partial charge in [0.05, 0.1) is 11.0 Å². The number of rotatable bonds is 6. The Morgan fingerprint density at radius 3 is 2.90 bits per heavy atom. The third kappa shape index (κ3) is 3.94. The summed E-state index contributed by atoms with van der Waals surface area (Å²) in [6.07, 6.45) is 0.537. The van der Waals surface area contributed by atoms with Crippen LogP contribution in [0, 0.1) is 11.7 Å². The number of imidazole rings is 1. The molecule has 0 fully saturated rings. The van der Waals surface area contributed by atoms with Crippen molar-refractivity contribution in [1.29, 1.82) is 0 Å². The van der Waals surface area contributed by atoms with Gasteiger partial charge in [0.1, 0.15) is 18.2 Å². The van der Waals surface area contributed by atoms with Gasteiger partial charge in [0.15, 0.2) is 0 Å². The molecule has 6 heteroatoms. The number of nitrogens with one attached hydrogen (secondary N) is 1. The van der Waals surface area contributed by atoms with Crippen LogP contribution < -0.4 is 5.32 Å². The minimum absolute atomic E-state index is 0.0804. The van der Waals surface area contributed by atoms with E-state index < -0.39 is 0 Å². The number of aryl methyl sites for hydroxylation is 1. The molecule has 1 aromatic heterocycles. The Balaban J connectivity index is 2.27. The van der Waals surface area contributed by atoms with Gasteiger partial charge in [0, 0.05) is 24.9 Å². The first-order valence-corrected chi connectivity index (χ1v) is 7.52. The summed E-state index contributed by atoms with van der Waals surface area (Å²) in [7, 11) is 0. The van der Waals surface area contributed by atoms with Crippen LogP contribution in [0.3, 0.4) is 0 Å². The summed E-state index contributed by atoms with van der Waals surface area (Å²) in [6.45, 7) is 4.87. The van der Waals surface area contributed by atoms with E-state index in [9.17, 15) is 9.18 Å². The zero-order valence-corrected chi connectivity index (χ0v) is 13.0. The summed E-state index contributed by atoms with van der Waals surface area (Å²) in [6, 6.07) is 4.39. The predicted molar refractivity (Wildman–Crippen MR) is 82.0 cm³/mol. The highest BCUT2D eigenvalue weighted by Crippen LogP contribution is 2.18. The number of hydrogen-bond acceptors (Lipinski definition) is 2. The Kier molecular flexibility index (Phi) is 5.17. The van der Waals surface area contributed by atoms with Crippen molar-refractivity contribution in [3.63, 3.8) is 0 Å². The zero-order chi connectivity index (χ0) is 15.4. The van der Waals surface area contributed by atoms with Crippen LogP contribution >= 0.6 is 11.6 Å². The molecule has 0 saturated heterocycles. The first-order chi connectivity index (χ1) is 10.0. The third-order valence-corrected chi connectivity index (χ3v) is 3.31. The second-order valence-electron chi connectivity index (χ2n) is 5.38. The predicted octanol–water partition coefficient (Wildman–Crippen LogP) is 2.73. The lowest BCUT2D eigenvalue weighted by Gasteiger charge is -2.10. The van der Waals surface area contributed by atoms with E-state index in [0.717, 1.165) is 5.52 Å². The van der Waals surface area contributed by atoms with Crippen LogP contribution in [-0.4, -0.2) is 27.9 Å². The van der Waals surface area contributed by atoms with Crippen molar-refractivity contribution in [3.05, 3.63) is 29.8 Å². The zero-order valence-electron chi connectivity index (χ0n) is 12.2. The molecule has 0 radical (unpaired) electrons. The molecular weight excluding hydrogens is 293 g/mol. The molecule has 1 N–H and O–H groups in total. The molecule has 0 spiro atoms. The highest BCUT2D eigenvalue weighted by Gasteiger charge is 2.14. The van der Waals surface area contributed by atoms with Crippen molar-refractivity contribution in [2.75, 3.05) is 12.4 Å². The van der Waals surface area contributed by atoms with Gasteiger partial charge in [0.2, 0.25) is 5.91 Å². The fourth-order valence-corrected chi connectivity index (χ4v) is 2.29. The maximum atomic E-state index is 13.3. The highest BCUT2D eigenvalue weighted by molar-refractivity contribution is 6.17. The van der Waals surface area contributed by atoms with Gasteiger partial charge in [-0.2, -0.15) is 0 Å². The molecule has 0 aliphatic heterocycles. The summed E-state index contributed by atoms with van der Waals surface area (Å²) in [5, 5.41) is 2.87. The Bertz CT molecular complexity index is 639. The number of carbonyl (C=O) groups excluding carboxylic acids is 1. The van der Waals surface area contributed by atoms with Crippen molar-refractivity contribution in [2.45, 2.75) is 26.8 Å². The maximum Gasteiger partial charge on any atom is 0.240 e. The lowest BCUT2D eigenvalue weighted by molar-refractivity contribution is -0.121. The molecule has 0 atom stereocenters. The quantitative estimate of drug-likeness (QED) is 0.834. The first kappa shape index (κ1) is 15.8. The number of nitrogens with zero attached hydrogens (tertiary/aromatic N) is 2. The number of alkyl halides is 1. The molecule has 1 amide bonds. The molecular formula is C15H19ClFN3O. The van der Waals surface area contributed by atoms with E-state index in [-0.39, 0.29) is 18.3 Å². The second-order valence-corrected chi connectivity index (χ2v) is 5.76. The smallest absolute Gasteiger partial charge is 0.240 e. The monoisotopic (exact) mass is 311 g/mol. The number of carbonyl (C=O) groups is 1. The Morgan fingerprint density at radius 2 is 2.24 bits per heavy atom. The van der Waals surface area contributed by atoms with Crippen molar-refractivity contribution in [1.82, 2.24) is 14.9 Å². The van der Waals surface area contributed by atoms with Crippen molar-refractivity contribution in [2.24, 2.45) is 5.92 Å². The van der Waals surface area contributed by atoms with E-state index in [1.54, 1.807) is 10.6 Å². The van der Waals surface area contributed by atoms with Crippen LogP contribution in [0.4, 0.5) is 4.39 Å². The molecule has 0 aliphatic carbocycles. The maximum absolute atomic E-state index is 13.3. The largest absolute Gasteiger partial charge is 0.354 e. The normalized spacial score (nSPS) is 11.3. The lowest BCUT2D eigenvalue weighted by Crippen LogP contribution is -2.31. The van der Waals surface area contributed by atoms with Gasteiger partial charge in [-0.05, 0) is 18.1 Å². The average molecular weight is 312 g/mol. The van der Waals surface area contributed by atoms with E-state index >= 15 is 0 Å². The van der Waals surface area contributed by atoms with Gasteiger partial charge in [-0.3, -0.25) is 4.79 Å². The molecule has 2 aromatic rings. The van der Waals surface area contributed by atoms with Crippen molar-refractivity contribution in [3.8, 4) is 0 Å². The SMILES string of the molecule is CC(C)CNC(=O)Cn1c(CCCl)nc2cc(F)ccc21. The third-order valence-electron chi connectivity index (χ3n) is 3.12. The summed E-state index contributed by atoms with van der Waals surface area (Å²) in [5.41, 5.74) is 1.29. The van der Waals surface area contributed by atoms with Crippen LogP contribution in [0.15, 0.2) is 18.2 Å². The molecule has 0 saturated carbocycles. The number of benzene rings is 1. The molecule has 1 heterocycles. The van der Waals surface area contributed by atoms with Crippen LogP contribution in [0.2, 0.25) is 0 Å². The van der Waals surface area contributed by atoms with E-state index in [2.05, 4.69) is 10.3 Å². The fourth-order valence-electron chi connectivity index (χ4n) is 2.12. The van der Waals surface area contributed by atoms with Gasteiger partial charge in [0.25, 0.3) is 0 Å². The van der Waals surface area contributed by atoms with Gasteiger partial charge in [-0.1, -0.05) is 13.8 Å². The molecule has 0 unspecified atom stereocenters. The number of halogens is 2. The standard InChI is InChI=1S/C15H19ClFN3O/c1-10(2)8-18-15(21)9-20-13-4-3-11(17)7-12(13)19-14(20)5-6-16/h3-4,7,10H,5-6,8-9H2,1-2H3,(H,18,21). The van der Waals surface area contributed by atoms with Crippen LogP contribution in [0.25, 0.3) is 11.0 Å². The highest BCUT2D eigenvalue weighted by atomic mass is 35.5. The second kappa shape index (κ2) is 6.89. The van der Waals surface area contributed by atoms with Gasteiger partial charge in [-0.15, -0.1) is 11.6 Å². The number of fused-ring (bicyclic) bond motifs is 1. The molecule has 2 rings (SSSR count). The average Bonchev–Trinajstić information content (AvgIpc) is 2.74. The molecule has 1 aromatic carbocycles. The lowest BCUT2D eigenvalue weighted by atomic mass is 10.2. The number of aromatic nitrogens is 2. The van der Waals surface area contributed by atoms with Crippen LogP contribution in [0.1, 0.15) is 19.7 Å². The van der Waals surface area contributed by atoms with Crippen molar-refractivity contribution >= 4 is 28.5 Å². The fraction of sp³-hybridized carbons (Fsp3) is 0.467. The van der Waals surface area contributed by atoms with E-state index in [0.29, 0.717) is 36.1 Å². The number of hydrogen-bond donors (Lipinski definition) is 1.